The Morgan fingerprint density at radius 1 is 0.963 bits per heavy atom. The molecule has 0 radical (unpaired) electrons. The molecule has 0 heterocycles. The smallest absolute Gasteiger partial charge is 0.407 e. The summed E-state index contributed by atoms with van der Waals surface area (Å²) in [4.78, 5) is 24.1. The Bertz CT molecular complexity index is 756. The second kappa shape index (κ2) is 10.8. The van der Waals surface area contributed by atoms with E-state index >= 15 is 0 Å². The molecule has 2 rings (SSSR count). The molecule has 1 atom stereocenters. The van der Waals surface area contributed by atoms with Crippen molar-refractivity contribution in [1.82, 2.24) is 5.32 Å². The number of carbonyl (C=O) groups excluding carboxylic acids is 2. The predicted molar refractivity (Wildman–Crippen MR) is 104 cm³/mol. The molecule has 0 fully saturated rings. The van der Waals surface area contributed by atoms with E-state index in [0.717, 1.165) is 11.1 Å². The molecule has 27 heavy (non-hydrogen) atoms. The fraction of sp³-hybridized carbons (Fsp3) is 0.273. The van der Waals surface area contributed by atoms with Gasteiger partial charge in [0.2, 0.25) is 0 Å². The van der Waals surface area contributed by atoms with Crippen LogP contribution in [0.2, 0.25) is 0 Å². The average Bonchev–Trinajstić information content (AvgIpc) is 2.68. The van der Waals surface area contributed by atoms with Crippen LogP contribution in [0.5, 0.6) is 0 Å². The van der Waals surface area contributed by atoms with Crippen molar-refractivity contribution in [1.29, 1.82) is 0 Å². The van der Waals surface area contributed by atoms with Gasteiger partial charge in [0.1, 0.15) is 6.61 Å². The summed E-state index contributed by atoms with van der Waals surface area (Å²) in [7, 11) is 0. The summed E-state index contributed by atoms with van der Waals surface area (Å²) in [5, 5.41) is 2.82. The standard InChI is InChI=1S/C22H25NO4/c1-3-26-21(24)17(2)14-20(15-18-10-6-4-7-11-18)23-22(25)27-16-19-12-8-5-9-13-19/h4-14,20H,3,15-16H2,1-2H3,(H,23,25)/b17-14+/t20-/m1/s1. The first-order valence-electron chi connectivity index (χ1n) is 8.95. The predicted octanol–water partition coefficient (Wildman–Crippen LogP) is 4.03. The summed E-state index contributed by atoms with van der Waals surface area (Å²) in [6.07, 6.45) is 1.71. The number of ether oxygens (including phenoxy) is 2. The Kier molecular flexibility index (Phi) is 8.10. The largest absolute Gasteiger partial charge is 0.463 e. The van der Waals surface area contributed by atoms with Crippen LogP contribution >= 0.6 is 0 Å². The van der Waals surface area contributed by atoms with Crippen LogP contribution in [0.4, 0.5) is 4.79 Å². The van der Waals surface area contributed by atoms with Crippen LogP contribution in [0.1, 0.15) is 25.0 Å². The normalized spacial score (nSPS) is 12.1. The number of alkyl carbamates (subject to hydrolysis) is 1. The molecule has 5 heteroatoms. The van der Waals surface area contributed by atoms with E-state index in [1.165, 1.54) is 0 Å². The SMILES string of the molecule is CCOC(=O)/C(C)=C/[C@H](Cc1ccccc1)NC(=O)OCc1ccccc1. The fourth-order valence-corrected chi connectivity index (χ4v) is 2.55. The van der Waals surface area contributed by atoms with Gasteiger partial charge in [0.25, 0.3) is 0 Å². The number of hydrogen-bond donors (Lipinski definition) is 1. The Morgan fingerprint density at radius 3 is 2.15 bits per heavy atom. The summed E-state index contributed by atoms with van der Waals surface area (Å²) in [6.45, 7) is 3.92. The molecule has 1 N–H and O–H groups in total. The summed E-state index contributed by atoms with van der Waals surface area (Å²) in [5.74, 6) is -0.394. The zero-order chi connectivity index (χ0) is 19.5. The Hall–Kier alpha value is -3.08. The second-order valence-electron chi connectivity index (χ2n) is 6.07. The highest BCUT2D eigenvalue weighted by molar-refractivity contribution is 5.88. The van der Waals surface area contributed by atoms with Gasteiger partial charge < -0.3 is 14.8 Å². The highest BCUT2D eigenvalue weighted by Gasteiger charge is 2.15. The van der Waals surface area contributed by atoms with Crippen molar-refractivity contribution >= 4 is 12.1 Å². The number of amides is 1. The molecule has 142 valence electrons. The van der Waals surface area contributed by atoms with E-state index in [2.05, 4.69) is 5.32 Å². The molecule has 0 saturated carbocycles. The van der Waals surface area contributed by atoms with E-state index in [1.807, 2.05) is 60.7 Å². The van der Waals surface area contributed by atoms with Crippen LogP contribution in [0.25, 0.3) is 0 Å². The topological polar surface area (TPSA) is 64.6 Å². The van der Waals surface area contributed by atoms with Crippen LogP contribution in [-0.2, 0) is 27.3 Å². The van der Waals surface area contributed by atoms with Gasteiger partial charge in [0.05, 0.1) is 12.6 Å². The third kappa shape index (κ3) is 7.36. The van der Waals surface area contributed by atoms with Crippen LogP contribution < -0.4 is 5.32 Å². The van der Waals surface area contributed by atoms with Crippen molar-refractivity contribution in [2.24, 2.45) is 0 Å². The summed E-state index contributed by atoms with van der Waals surface area (Å²) < 4.78 is 10.3. The number of esters is 1. The van der Waals surface area contributed by atoms with Crippen LogP contribution in [0.15, 0.2) is 72.3 Å². The molecule has 0 unspecified atom stereocenters. The lowest BCUT2D eigenvalue weighted by Crippen LogP contribution is -2.36. The molecule has 0 spiro atoms. The molecular weight excluding hydrogens is 342 g/mol. The monoisotopic (exact) mass is 367 g/mol. The highest BCUT2D eigenvalue weighted by Crippen LogP contribution is 2.08. The highest BCUT2D eigenvalue weighted by atomic mass is 16.5. The minimum Gasteiger partial charge on any atom is -0.463 e. The van der Waals surface area contributed by atoms with Gasteiger partial charge in [-0.15, -0.1) is 0 Å². The Morgan fingerprint density at radius 2 is 1.56 bits per heavy atom. The van der Waals surface area contributed by atoms with Gasteiger partial charge in [-0.25, -0.2) is 9.59 Å². The number of carbonyl (C=O) groups is 2. The molecular formula is C22H25NO4. The van der Waals surface area contributed by atoms with E-state index in [4.69, 9.17) is 9.47 Å². The minimum atomic E-state index is -0.535. The average molecular weight is 367 g/mol. The molecule has 0 bridgehead atoms. The van der Waals surface area contributed by atoms with Gasteiger partial charge in [-0.05, 0) is 31.4 Å². The van der Waals surface area contributed by atoms with Crippen LogP contribution in [0.3, 0.4) is 0 Å². The lowest BCUT2D eigenvalue weighted by molar-refractivity contribution is -0.138. The number of benzene rings is 2. The number of hydrogen-bond acceptors (Lipinski definition) is 4. The van der Waals surface area contributed by atoms with Gasteiger partial charge in [0, 0.05) is 5.57 Å². The molecule has 0 aliphatic rings. The molecule has 0 aliphatic carbocycles. The van der Waals surface area contributed by atoms with E-state index in [1.54, 1.807) is 19.9 Å². The maximum absolute atomic E-state index is 12.2. The lowest BCUT2D eigenvalue weighted by atomic mass is 10.0. The van der Waals surface area contributed by atoms with Crippen molar-refractivity contribution in [3.63, 3.8) is 0 Å². The lowest BCUT2D eigenvalue weighted by Gasteiger charge is -2.16. The summed E-state index contributed by atoms with van der Waals surface area (Å²) in [6, 6.07) is 18.8. The molecule has 0 aromatic heterocycles. The molecule has 2 aromatic rings. The maximum Gasteiger partial charge on any atom is 0.407 e. The van der Waals surface area contributed by atoms with Crippen molar-refractivity contribution < 1.29 is 19.1 Å². The first-order valence-corrected chi connectivity index (χ1v) is 8.95. The molecule has 1 amide bonds. The van der Waals surface area contributed by atoms with Gasteiger partial charge in [-0.1, -0.05) is 66.7 Å². The molecule has 0 aliphatic heterocycles. The van der Waals surface area contributed by atoms with Gasteiger partial charge in [-0.2, -0.15) is 0 Å². The summed E-state index contributed by atoms with van der Waals surface area (Å²) in [5.41, 5.74) is 2.39. The van der Waals surface area contributed by atoms with Crippen molar-refractivity contribution in [3.8, 4) is 0 Å². The summed E-state index contributed by atoms with van der Waals surface area (Å²) >= 11 is 0. The Labute approximate surface area is 160 Å². The van der Waals surface area contributed by atoms with E-state index < -0.39 is 12.1 Å². The second-order valence-corrected chi connectivity index (χ2v) is 6.07. The van der Waals surface area contributed by atoms with Crippen LogP contribution in [-0.4, -0.2) is 24.7 Å². The van der Waals surface area contributed by atoms with Crippen molar-refractivity contribution in [2.45, 2.75) is 32.9 Å². The first-order chi connectivity index (χ1) is 13.1. The third-order valence-corrected chi connectivity index (χ3v) is 3.86. The van der Waals surface area contributed by atoms with E-state index in [9.17, 15) is 9.59 Å². The minimum absolute atomic E-state index is 0.186. The van der Waals surface area contributed by atoms with Crippen LogP contribution in [0, 0.1) is 0 Å². The van der Waals surface area contributed by atoms with Gasteiger partial charge in [0.15, 0.2) is 0 Å². The van der Waals surface area contributed by atoms with Crippen molar-refractivity contribution in [3.05, 3.63) is 83.4 Å². The van der Waals surface area contributed by atoms with E-state index in [-0.39, 0.29) is 12.6 Å². The number of nitrogens with one attached hydrogen (secondary N) is 1. The third-order valence-electron chi connectivity index (χ3n) is 3.86. The zero-order valence-electron chi connectivity index (χ0n) is 15.7. The zero-order valence-corrected chi connectivity index (χ0v) is 15.7. The molecule has 0 saturated heterocycles. The molecule has 2 aromatic carbocycles. The van der Waals surface area contributed by atoms with Gasteiger partial charge >= 0.3 is 12.1 Å². The quantitative estimate of drug-likeness (QED) is 0.565. The van der Waals surface area contributed by atoms with Gasteiger partial charge in [-0.3, -0.25) is 0 Å². The van der Waals surface area contributed by atoms with Crippen molar-refractivity contribution in [2.75, 3.05) is 6.61 Å². The molecule has 5 nitrogen and oxygen atoms in total. The number of rotatable bonds is 8. The fourth-order valence-electron chi connectivity index (χ4n) is 2.55. The van der Waals surface area contributed by atoms with E-state index in [0.29, 0.717) is 18.6 Å². The Balaban J connectivity index is 2.03. The maximum atomic E-state index is 12.2. The first kappa shape index (κ1) is 20.2.